The molecule has 0 saturated heterocycles. The first-order valence-corrected chi connectivity index (χ1v) is 3.99. The van der Waals surface area contributed by atoms with E-state index in [1.54, 1.807) is 0 Å². The summed E-state index contributed by atoms with van der Waals surface area (Å²) in [5, 5.41) is 0. The molecule has 0 aromatic heterocycles. The molecule has 0 heterocycles. The molecule has 9 heavy (non-hydrogen) atoms. The molecule has 0 aliphatic carbocycles. The Morgan fingerprint density at radius 3 is 2.33 bits per heavy atom. The lowest BCUT2D eigenvalue weighted by Gasteiger charge is -2.03. The number of hydrogen-bond acceptors (Lipinski definition) is 0. The predicted molar refractivity (Wildman–Crippen MR) is 43.0 cm³/mol. The first-order chi connectivity index (χ1) is 4.41. The Morgan fingerprint density at radius 2 is 1.78 bits per heavy atom. The van der Waals surface area contributed by atoms with Crippen molar-refractivity contribution in [1.82, 2.24) is 0 Å². The Balaban J connectivity index is 2.60. The maximum absolute atomic E-state index is 3.80. The van der Waals surface area contributed by atoms with E-state index in [1.165, 1.54) is 32.1 Å². The zero-order valence-electron chi connectivity index (χ0n) is 6.53. The number of rotatable bonds is 6. The van der Waals surface area contributed by atoms with E-state index in [4.69, 9.17) is 0 Å². The molecule has 0 bridgehead atoms. The standard InChI is InChI=1S/C9H18/c1-3-5-7-9-8-6-4-2/h4H,1,3,5-9H2,2H3/q-2. The molecule has 0 aliphatic heterocycles. The lowest BCUT2D eigenvalue weighted by atomic mass is 10.1. The van der Waals surface area contributed by atoms with Crippen molar-refractivity contribution in [3.8, 4) is 0 Å². The fourth-order valence-corrected chi connectivity index (χ4v) is 0.879. The highest BCUT2D eigenvalue weighted by atomic mass is 13.9. The van der Waals surface area contributed by atoms with Crippen molar-refractivity contribution < 1.29 is 0 Å². The van der Waals surface area contributed by atoms with Crippen LogP contribution in [0.25, 0.3) is 0 Å². The summed E-state index contributed by atoms with van der Waals surface area (Å²) in [6.07, 6.45) is 10.1. The van der Waals surface area contributed by atoms with Crippen molar-refractivity contribution in [3.63, 3.8) is 0 Å². The SMILES string of the molecule is [CH2-]CCCCCC[CH-]C. The van der Waals surface area contributed by atoms with Crippen LogP contribution in [0.15, 0.2) is 0 Å². The van der Waals surface area contributed by atoms with Crippen molar-refractivity contribution in [2.24, 2.45) is 0 Å². The second-order valence-corrected chi connectivity index (χ2v) is 2.46. The number of unbranched alkanes of at least 4 members (excludes halogenated alkanes) is 6. The van der Waals surface area contributed by atoms with Gasteiger partial charge < -0.3 is 13.3 Å². The fraction of sp³-hybridized carbons (Fsp3) is 0.778. The van der Waals surface area contributed by atoms with Crippen LogP contribution in [0.3, 0.4) is 0 Å². The molecule has 0 rings (SSSR count). The van der Waals surface area contributed by atoms with Gasteiger partial charge in [0.1, 0.15) is 0 Å². The van der Waals surface area contributed by atoms with Gasteiger partial charge in [-0.1, -0.05) is 25.7 Å². The predicted octanol–water partition coefficient (Wildman–Crippen LogP) is 3.39. The van der Waals surface area contributed by atoms with Gasteiger partial charge in [0.15, 0.2) is 0 Å². The van der Waals surface area contributed by atoms with E-state index in [0.29, 0.717) is 0 Å². The van der Waals surface area contributed by atoms with Gasteiger partial charge >= 0.3 is 0 Å². The second-order valence-electron chi connectivity index (χ2n) is 2.46. The highest BCUT2D eigenvalue weighted by Crippen LogP contribution is 2.05. The molecule has 0 heteroatoms. The zero-order valence-corrected chi connectivity index (χ0v) is 6.53. The lowest BCUT2D eigenvalue weighted by molar-refractivity contribution is 0.642. The van der Waals surface area contributed by atoms with Crippen molar-refractivity contribution in [3.05, 3.63) is 13.3 Å². The summed E-state index contributed by atoms with van der Waals surface area (Å²) >= 11 is 0. The molecule has 0 radical (unpaired) electrons. The van der Waals surface area contributed by atoms with Crippen LogP contribution in [0.2, 0.25) is 0 Å². The van der Waals surface area contributed by atoms with Crippen LogP contribution in [0.1, 0.15) is 45.4 Å². The van der Waals surface area contributed by atoms with Crippen molar-refractivity contribution in [1.29, 1.82) is 0 Å². The summed E-state index contributed by atoms with van der Waals surface area (Å²) in [4.78, 5) is 0. The Kier molecular flexibility index (Phi) is 8.00. The summed E-state index contributed by atoms with van der Waals surface area (Å²) in [6.45, 7) is 5.92. The van der Waals surface area contributed by atoms with Crippen LogP contribution in [-0.4, -0.2) is 0 Å². The molecule has 0 spiro atoms. The highest BCUT2D eigenvalue weighted by molar-refractivity contribution is 4.55. The zero-order chi connectivity index (χ0) is 6.95. The third kappa shape index (κ3) is 8.00. The van der Waals surface area contributed by atoms with Crippen LogP contribution >= 0.6 is 0 Å². The van der Waals surface area contributed by atoms with Gasteiger partial charge in [0.2, 0.25) is 0 Å². The molecule has 0 saturated carbocycles. The van der Waals surface area contributed by atoms with Crippen LogP contribution in [0, 0.1) is 13.3 Å². The number of hydrogen-bond donors (Lipinski definition) is 0. The molecule has 0 aliphatic rings. The van der Waals surface area contributed by atoms with Crippen molar-refractivity contribution in [2.75, 3.05) is 0 Å². The van der Waals surface area contributed by atoms with Gasteiger partial charge in [-0.05, 0) is 0 Å². The Bertz CT molecular complexity index is 33.3. The topological polar surface area (TPSA) is 0 Å². The lowest BCUT2D eigenvalue weighted by Crippen LogP contribution is -1.76. The summed E-state index contributed by atoms with van der Waals surface area (Å²) in [5.41, 5.74) is 0. The van der Waals surface area contributed by atoms with Crippen LogP contribution in [-0.2, 0) is 0 Å². The third-order valence-electron chi connectivity index (χ3n) is 1.49. The molecule has 0 aromatic rings. The summed E-state index contributed by atoms with van der Waals surface area (Å²) in [6, 6.07) is 0. The molecule has 0 atom stereocenters. The van der Waals surface area contributed by atoms with Gasteiger partial charge in [-0.2, -0.15) is 19.8 Å². The normalized spacial score (nSPS) is 10.0. The highest BCUT2D eigenvalue weighted by Gasteiger charge is 1.80. The third-order valence-corrected chi connectivity index (χ3v) is 1.49. The van der Waals surface area contributed by atoms with Gasteiger partial charge in [0.25, 0.3) is 0 Å². The molecule has 56 valence electrons. The average molecular weight is 126 g/mol. The van der Waals surface area contributed by atoms with Gasteiger partial charge in [0.05, 0.1) is 0 Å². The molecule has 0 unspecified atom stereocenters. The maximum atomic E-state index is 3.80. The second kappa shape index (κ2) is 8.00. The van der Waals surface area contributed by atoms with E-state index in [0.717, 1.165) is 6.42 Å². The van der Waals surface area contributed by atoms with Crippen LogP contribution in [0.5, 0.6) is 0 Å². The molecule has 0 nitrogen and oxygen atoms in total. The molecule has 0 aromatic carbocycles. The fourth-order valence-electron chi connectivity index (χ4n) is 0.879. The first kappa shape index (κ1) is 9.00. The molecular weight excluding hydrogens is 108 g/mol. The minimum Gasteiger partial charge on any atom is -0.343 e. The Hall–Kier alpha value is 0. The quantitative estimate of drug-likeness (QED) is 0.378. The van der Waals surface area contributed by atoms with E-state index in [-0.39, 0.29) is 0 Å². The van der Waals surface area contributed by atoms with E-state index in [1.807, 2.05) is 0 Å². The average Bonchev–Trinajstić information content (AvgIpc) is 1.89. The summed E-state index contributed by atoms with van der Waals surface area (Å²) < 4.78 is 0. The first-order valence-electron chi connectivity index (χ1n) is 3.99. The van der Waals surface area contributed by atoms with Crippen molar-refractivity contribution in [2.45, 2.75) is 45.4 Å². The van der Waals surface area contributed by atoms with E-state index in [9.17, 15) is 0 Å². The summed E-state index contributed by atoms with van der Waals surface area (Å²) in [7, 11) is 0. The van der Waals surface area contributed by atoms with Gasteiger partial charge in [-0.25, -0.2) is 0 Å². The molecule has 0 amide bonds. The smallest absolute Gasteiger partial charge is 0.0558 e. The molecular formula is C9H18-2. The minimum absolute atomic E-state index is 1.11. The van der Waals surface area contributed by atoms with Crippen molar-refractivity contribution >= 4 is 0 Å². The van der Waals surface area contributed by atoms with Gasteiger partial charge in [-0.3, -0.25) is 0 Å². The van der Waals surface area contributed by atoms with Crippen LogP contribution < -0.4 is 0 Å². The Morgan fingerprint density at radius 1 is 1.11 bits per heavy atom. The largest absolute Gasteiger partial charge is 0.343 e. The molecule has 0 N–H and O–H groups in total. The Labute approximate surface area is 59.7 Å². The maximum Gasteiger partial charge on any atom is -0.0558 e. The summed E-state index contributed by atoms with van der Waals surface area (Å²) in [5.74, 6) is 0. The minimum atomic E-state index is 1.11. The van der Waals surface area contributed by atoms with Gasteiger partial charge in [0, 0.05) is 0 Å². The van der Waals surface area contributed by atoms with E-state index >= 15 is 0 Å². The monoisotopic (exact) mass is 126 g/mol. The van der Waals surface area contributed by atoms with E-state index in [2.05, 4.69) is 20.3 Å². The van der Waals surface area contributed by atoms with Gasteiger partial charge in [-0.15, -0.1) is 0 Å². The van der Waals surface area contributed by atoms with E-state index < -0.39 is 0 Å². The van der Waals surface area contributed by atoms with Crippen LogP contribution in [0.4, 0.5) is 0 Å². The molecule has 0 fully saturated rings.